The standard InChI is InChI=1S/C19H37N5O/c1-3-5-6-10-21-19(20-4-2)22-11-12-23-13-15-24(16-14-23)18(25)17-8-7-9-17/h17H,3-16H2,1-2H3,(H2,20,21,22). The van der Waals surface area contributed by atoms with Crippen molar-refractivity contribution in [3.8, 4) is 0 Å². The van der Waals surface area contributed by atoms with Crippen LogP contribution in [-0.4, -0.2) is 74.0 Å². The first-order valence-corrected chi connectivity index (χ1v) is 10.3. The first-order valence-electron chi connectivity index (χ1n) is 10.3. The van der Waals surface area contributed by atoms with Gasteiger partial charge in [-0.05, 0) is 26.2 Å². The van der Waals surface area contributed by atoms with Crippen LogP contribution in [-0.2, 0) is 4.79 Å². The Balaban J connectivity index is 1.61. The highest BCUT2D eigenvalue weighted by molar-refractivity contribution is 5.80. The van der Waals surface area contributed by atoms with Gasteiger partial charge in [-0.1, -0.05) is 26.2 Å². The second kappa shape index (κ2) is 11.3. The summed E-state index contributed by atoms with van der Waals surface area (Å²) in [6.07, 6.45) is 7.07. The lowest BCUT2D eigenvalue weighted by Crippen LogP contribution is -2.52. The molecule has 0 radical (unpaired) electrons. The van der Waals surface area contributed by atoms with E-state index in [2.05, 4.69) is 39.3 Å². The third-order valence-electron chi connectivity index (χ3n) is 5.23. The van der Waals surface area contributed by atoms with Crippen LogP contribution in [0.5, 0.6) is 0 Å². The fourth-order valence-corrected chi connectivity index (χ4v) is 3.33. The molecule has 2 N–H and O–H groups in total. The topological polar surface area (TPSA) is 60.0 Å². The molecule has 1 aliphatic carbocycles. The first kappa shape index (κ1) is 20.0. The van der Waals surface area contributed by atoms with Crippen LogP contribution in [0.1, 0.15) is 52.4 Å². The normalized spacial score (nSPS) is 19.6. The molecule has 1 heterocycles. The average molecular weight is 352 g/mol. The Hall–Kier alpha value is -1.30. The Morgan fingerprint density at radius 3 is 2.44 bits per heavy atom. The predicted molar refractivity (Wildman–Crippen MR) is 104 cm³/mol. The first-order chi connectivity index (χ1) is 12.2. The SMILES string of the molecule is CCCCCN=C(NCC)NCCN1CCN(C(=O)C2CCC2)CC1. The molecule has 0 aromatic carbocycles. The highest BCUT2D eigenvalue weighted by Gasteiger charge is 2.30. The van der Waals surface area contributed by atoms with Gasteiger partial charge in [0.25, 0.3) is 0 Å². The number of carbonyl (C=O) groups excluding carboxylic acids is 1. The molecular formula is C19H37N5O. The molecule has 1 aliphatic heterocycles. The lowest BCUT2D eigenvalue weighted by Gasteiger charge is -2.38. The molecular weight excluding hydrogens is 314 g/mol. The van der Waals surface area contributed by atoms with Crippen LogP contribution in [0.15, 0.2) is 4.99 Å². The van der Waals surface area contributed by atoms with E-state index in [9.17, 15) is 4.79 Å². The molecule has 0 unspecified atom stereocenters. The molecule has 0 bridgehead atoms. The smallest absolute Gasteiger partial charge is 0.225 e. The molecule has 2 rings (SSSR count). The Labute approximate surface area is 153 Å². The van der Waals surface area contributed by atoms with Gasteiger partial charge in [0.05, 0.1) is 0 Å². The van der Waals surface area contributed by atoms with Gasteiger partial charge in [0.15, 0.2) is 5.96 Å². The van der Waals surface area contributed by atoms with Crippen molar-refractivity contribution in [3.05, 3.63) is 0 Å². The van der Waals surface area contributed by atoms with Crippen LogP contribution in [0.3, 0.4) is 0 Å². The predicted octanol–water partition coefficient (Wildman–Crippen LogP) is 1.68. The molecule has 1 saturated carbocycles. The van der Waals surface area contributed by atoms with Gasteiger partial charge >= 0.3 is 0 Å². The zero-order valence-electron chi connectivity index (χ0n) is 16.2. The van der Waals surface area contributed by atoms with Crippen LogP contribution in [0.2, 0.25) is 0 Å². The Morgan fingerprint density at radius 1 is 1.08 bits per heavy atom. The number of nitrogens with zero attached hydrogens (tertiary/aromatic N) is 3. The Kier molecular flexibility index (Phi) is 9.08. The van der Waals surface area contributed by atoms with Crippen molar-refractivity contribution in [2.24, 2.45) is 10.9 Å². The monoisotopic (exact) mass is 351 g/mol. The Morgan fingerprint density at radius 2 is 1.84 bits per heavy atom. The molecule has 0 atom stereocenters. The minimum absolute atomic E-state index is 0.333. The number of piperazine rings is 1. The number of unbranched alkanes of at least 4 members (excludes halogenated alkanes) is 2. The lowest BCUT2D eigenvalue weighted by molar-refractivity contribution is -0.139. The number of amides is 1. The van der Waals surface area contributed by atoms with E-state index in [1.165, 1.54) is 19.3 Å². The molecule has 6 heteroatoms. The highest BCUT2D eigenvalue weighted by Crippen LogP contribution is 2.28. The van der Waals surface area contributed by atoms with Crippen LogP contribution >= 0.6 is 0 Å². The number of guanidine groups is 1. The zero-order chi connectivity index (χ0) is 17.9. The zero-order valence-corrected chi connectivity index (χ0v) is 16.2. The van der Waals surface area contributed by atoms with Crippen molar-refractivity contribution in [2.75, 3.05) is 52.4 Å². The van der Waals surface area contributed by atoms with Gasteiger partial charge in [-0.3, -0.25) is 14.7 Å². The third kappa shape index (κ3) is 6.84. The summed E-state index contributed by atoms with van der Waals surface area (Å²) in [7, 11) is 0. The lowest BCUT2D eigenvalue weighted by atomic mass is 9.84. The molecule has 2 aliphatic rings. The van der Waals surface area contributed by atoms with Crippen molar-refractivity contribution < 1.29 is 4.79 Å². The molecule has 1 amide bonds. The van der Waals surface area contributed by atoms with Crippen molar-refractivity contribution in [2.45, 2.75) is 52.4 Å². The van der Waals surface area contributed by atoms with Crippen molar-refractivity contribution in [1.82, 2.24) is 20.4 Å². The van der Waals surface area contributed by atoms with Gasteiger partial charge < -0.3 is 15.5 Å². The minimum Gasteiger partial charge on any atom is -0.357 e. The fraction of sp³-hybridized carbons (Fsp3) is 0.895. The number of rotatable bonds is 9. The summed E-state index contributed by atoms with van der Waals surface area (Å²) in [5.41, 5.74) is 0. The minimum atomic E-state index is 0.333. The fourth-order valence-electron chi connectivity index (χ4n) is 3.33. The maximum Gasteiger partial charge on any atom is 0.225 e. The summed E-state index contributed by atoms with van der Waals surface area (Å²) < 4.78 is 0. The summed E-state index contributed by atoms with van der Waals surface area (Å²) in [5, 5.41) is 6.74. The third-order valence-corrected chi connectivity index (χ3v) is 5.23. The van der Waals surface area contributed by atoms with Gasteiger partial charge in [0.2, 0.25) is 5.91 Å². The van der Waals surface area contributed by atoms with E-state index < -0.39 is 0 Å². The van der Waals surface area contributed by atoms with E-state index in [0.29, 0.717) is 11.8 Å². The summed E-state index contributed by atoms with van der Waals surface area (Å²) in [4.78, 5) is 21.4. The number of hydrogen-bond donors (Lipinski definition) is 2. The summed E-state index contributed by atoms with van der Waals surface area (Å²) in [6, 6.07) is 0. The van der Waals surface area contributed by atoms with Crippen molar-refractivity contribution in [1.29, 1.82) is 0 Å². The van der Waals surface area contributed by atoms with Crippen molar-refractivity contribution >= 4 is 11.9 Å². The molecule has 0 aromatic rings. The van der Waals surface area contributed by atoms with Crippen LogP contribution in [0.4, 0.5) is 0 Å². The van der Waals surface area contributed by atoms with Gasteiger partial charge in [0.1, 0.15) is 0 Å². The molecule has 25 heavy (non-hydrogen) atoms. The molecule has 1 saturated heterocycles. The van der Waals surface area contributed by atoms with Gasteiger partial charge in [0, 0.05) is 58.3 Å². The Bertz CT molecular complexity index is 414. The second-order valence-electron chi connectivity index (χ2n) is 7.19. The van der Waals surface area contributed by atoms with Gasteiger partial charge in [-0.15, -0.1) is 0 Å². The quantitative estimate of drug-likeness (QED) is 0.377. The molecule has 0 spiro atoms. The van der Waals surface area contributed by atoms with Gasteiger partial charge in [-0.25, -0.2) is 0 Å². The van der Waals surface area contributed by atoms with Crippen molar-refractivity contribution in [3.63, 3.8) is 0 Å². The van der Waals surface area contributed by atoms with E-state index in [1.807, 2.05) is 0 Å². The van der Waals surface area contributed by atoms with E-state index in [4.69, 9.17) is 0 Å². The maximum absolute atomic E-state index is 12.3. The summed E-state index contributed by atoms with van der Waals surface area (Å²) in [6.45, 7) is 11.8. The number of carbonyl (C=O) groups is 1. The number of nitrogens with one attached hydrogen (secondary N) is 2. The highest BCUT2D eigenvalue weighted by atomic mass is 16.2. The van der Waals surface area contributed by atoms with Gasteiger partial charge in [-0.2, -0.15) is 0 Å². The average Bonchev–Trinajstić information content (AvgIpc) is 2.57. The van der Waals surface area contributed by atoms with E-state index in [1.54, 1.807) is 0 Å². The summed E-state index contributed by atoms with van der Waals surface area (Å²) in [5.74, 6) is 1.66. The van der Waals surface area contributed by atoms with E-state index in [0.717, 1.165) is 77.6 Å². The molecule has 6 nitrogen and oxygen atoms in total. The van der Waals surface area contributed by atoms with Crippen LogP contribution in [0, 0.1) is 5.92 Å². The van der Waals surface area contributed by atoms with E-state index >= 15 is 0 Å². The van der Waals surface area contributed by atoms with E-state index in [-0.39, 0.29) is 0 Å². The largest absolute Gasteiger partial charge is 0.357 e. The number of hydrogen-bond acceptors (Lipinski definition) is 3. The molecule has 144 valence electrons. The maximum atomic E-state index is 12.3. The second-order valence-corrected chi connectivity index (χ2v) is 7.19. The molecule has 2 fully saturated rings. The van der Waals surface area contributed by atoms with Crippen LogP contribution in [0.25, 0.3) is 0 Å². The van der Waals surface area contributed by atoms with Crippen LogP contribution < -0.4 is 10.6 Å². The number of aliphatic imine (C=N–C) groups is 1. The summed E-state index contributed by atoms with van der Waals surface area (Å²) >= 11 is 0. The molecule has 0 aromatic heterocycles.